The van der Waals surface area contributed by atoms with Gasteiger partial charge < -0.3 is 20.3 Å². The maximum atomic E-state index is 11.7. The third-order valence-corrected chi connectivity index (χ3v) is 3.70. The van der Waals surface area contributed by atoms with Crippen molar-refractivity contribution in [2.45, 2.75) is 38.5 Å². The lowest BCUT2D eigenvalue weighted by atomic mass is 9.98. The largest absolute Gasteiger partial charge is 0.489 e. The average Bonchev–Trinajstić information content (AvgIpc) is 2.60. The summed E-state index contributed by atoms with van der Waals surface area (Å²) in [6.45, 7) is 3.90. The molecule has 2 aromatic rings. The molecule has 2 aromatic carbocycles. The van der Waals surface area contributed by atoms with Crippen LogP contribution >= 0.6 is 0 Å². The van der Waals surface area contributed by atoms with Gasteiger partial charge in [0.1, 0.15) is 18.0 Å². The predicted molar refractivity (Wildman–Crippen MR) is 96.7 cm³/mol. The zero-order valence-corrected chi connectivity index (χ0v) is 14.8. The number of carboxylic acids is 1. The van der Waals surface area contributed by atoms with Crippen LogP contribution < -0.4 is 10.5 Å². The highest BCUT2D eigenvalue weighted by molar-refractivity contribution is 5.98. The van der Waals surface area contributed by atoms with Crippen molar-refractivity contribution in [2.24, 2.45) is 5.73 Å². The van der Waals surface area contributed by atoms with Gasteiger partial charge in [0, 0.05) is 6.42 Å². The molecule has 138 valence electrons. The number of hydrogen-bond acceptors (Lipinski definition) is 5. The Morgan fingerprint density at radius 3 is 2.23 bits per heavy atom. The molecule has 0 aromatic heterocycles. The molecule has 0 unspecified atom stereocenters. The molecule has 0 saturated heterocycles. The Morgan fingerprint density at radius 2 is 1.65 bits per heavy atom. The van der Waals surface area contributed by atoms with Gasteiger partial charge >= 0.3 is 11.9 Å². The fourth-order valence-corrected chi connectivity index (χ4v) is 2.41. The fraction of sp³-hybridized carbons (Fsp3) is 0.300. The molecule has 2 rings (SSSR count). The van der Waals surface area contributed by atoms with Crippen LogP contribution in [-0.2, 0) is 27.4 Å². The van der Waals surface area contributed by atoms with Gasteiger partial charge in [0.15, 0.2) is 0 Å². The lowest BCUT2D eigenvalue weighted by Gasteiger charge is -2.26. The number of aliphatic carboxylic acids is 1. The minimum Gasteiger partial charge on any atom is -0.489 e. The number of carbonyl (C=O) groups is 2. The molecule has 0 fully saturated rings. The minimum absolute atomic E-state index is 0.421. The first-order valence-electron chi connectivity index (χ1n) is 8.24. The number of carboxylic acid groups (broad SMARTS) is 1. The van der Waals surface area contributed by atoms with Crippen molar-refractivity contribution in [1.82, 2.24) is 0 Å². The summed E-state index contributed by atoms with van der Waals surface area (Å²) in [7, 11) is 0. The van der Waals surface area contributed by atoms with E-state index >= 15 is 0 Å². The van der Waals surface area contributed by atoms with Gasteiger partial charge in [-0.25, -0.2) is 9.59 Å². The Balaban J connectivity index is 1.91. The molecular formula is C20H23NO5. The number of esters is 1. The Hall–Kier alpha value is -2.86. The van der Waals surface area contributed by atoms with E-state index in [0.717, 1.165) is 16.9 Å². The first-order chi connectivity index (χ1) is 12.3. The lowest BCUT2D eigenvalue weighted by molar-refractivity contribution is -0.163. The smallest absolute Gasteiger partial charge is 0.335 e. The van der Waals surface area contributed by atoms with Gasteiger partial charge in [0.05, 0.1) is 0 Å². The van der Waals surface area contributed by atoms with E-state index < -0.39 is 23.6 Å². The van der Waals surface area contributed by atoms with Gasteiger partial charge in [-0.1, -0.05) is 42.5 Å². The molecule has 3 N–H and O–H groups in total. The molecule has 0 bridgehead atoms. The van der Waals surface area contributed by atoms with Gasteiger partial charge in [-0.15, -0.1) is 0 Å². The predicted octanol–water partition coefficient (Wildman–Crippen LogP) is 2.54. The van der Waals surface area contributed by atoms with E-state index in [1.807, 2.05) is 54.6 Å². The van der Waals surface area contributed by atoms with Crippen LogP contribution in [0.1, 0.15) is 25.0 Å². The van der Waals surface area contributed by atoms with Gasteiger partial charge in [-0.3, -0.25) is 0 Å². The Kier molecular flexibility index (Phi) is 6.36. The molecule has 0 saturated carbocycles. The van der Waals surface area contributed by atoms with Gasteiger partial charge in [-0.2, -0.15) is 0 Å². The van der Waals surface area contributed by atoms with Crippen molar-refractivity contribution in [3.63, 3.8) is 0 Å². The summed E-state index contributed by atoms with van der Waals surface area (Å²) in [4.78, 5) is 22.5. The zero-order chi connectivity index (χ0) is 19.2. The molecule has 0 amide bonds. The maximum Gasteiger partial charge on any atom is 0.335 e. The third-order valence-electron chi connectivity index (χ3n) is 3.70. The van der Waals surface area contributed by atoms with Crippen LogP contribution in [0.25, 0.3) is 0 Å². The van der Waals surface area contributed by atoms with E-state index in [9.17, 15) is 9.59 Å². The molecule has 0 aliphatic rings. The highest BCUT2D eigenvalue weighted by Gasteiger charge is 2.30. The van der Waals surface area contributed by atoms with Crippen molar-refractivity contribution >= 4 is 11.9 Å². The summed E-state index contributed by atoms with van der Waals surface area (Å²) >= 11 is 0. The van der Waals surface area contributed by atoms with Crippen molar-refractivity contribution in [3.05, 3.63) is 65.7 Å². The van der Waals surface area contributed by atoms with E-state index in [1.54, 1.807) is 13.8 Å². The summed E-state index contributed by atoms with van der Waals surface area (Å²) in [5, 5.41) is 8.76. The van der Waals surface area contributed by atoms with Crippen LogP contribution in [0.3, 0.4) is 0 Å². The second-order valence-corrected chi connectivity index (χ2v) is 6.59. The molecule has 0 radical (unpaired) electrons. The minimum atomic E-state index is -1.68. The van der Waals surface area contributed by atoms with E-state index in [2.05, 4.69) is 0 Å². The molecular weight excluding hydrogens is 334 g/mol. The fourth-order valence-electron chi connectivity index (χ4n) is 2.41. The number of rotatable bonds is 8. The van der Waals surface area contributed by atoms with E-state index in [-0.39, 0.29) is 0 Å². The Morgan fingerprint density at radius 1 is 1.04 bits per heavy atom. The number of benzene rings is 2. The molecule has 0 spiro atoms. The van der Waals surface area contributed by atoms with Crippen LogP contribution in [-0.4, -0.2) is 28.7 Å². The normalized spacial score (nSPS) is 12.3. The number of nitrogens with two attached hydrogens (primary N) is 1. The second-order valence-electron chi connectivity index (χ2n) is 6.59. The molecule has 0 aliphatic heterocycles. The van der Waals surface area contributed by atoms with Crippen LogP contribution in [0, 0.1) is 0 Å². The summed E-state index contributed by atoms with van der Waals surface area (Å²) in [5.74, 6) is -1.63. The van der Waals surface area contributed by atoms with Gasteiger partial charge in [0.2, 0.25) is 6.04 Å². The van der Waals surface area contributed by atoms with Crippen LogP contribution in [0.15, 0.2) is 54.6 Å². The molecule has 6 heteroatoms. The first kappa shape index (κ1) is 19.5. The van der Waals surface area contributed by atoms with Crippen LogP contribution in [0.4, 0.5) is 0 Å². The molecule has 1 atom stereocenters. The van der Waals surface area contributed by atoms with Crippen LogP contribution in [0.2, 0.25) is 0 Å². The van der Waals surface area contributed by atoms with Crippen molar-refractivity contribution < 1.29 is 24.2 Å². The Bertz CT molecular complexity index is 741. The van der Waals surface area contributed by atoms with Crippen molar-refractivity contribution in [2.75, 3.05) is 0 Å². The van der Waals surface area contributed by atoms with Gasteiger partial charge in [-0.05, 0) is 37.1 Å². The molecule has 26 heavy (non-hydrogen) atoms. The van der Waals surface area contributed by atoms with Crippen LogP contribution in [0.5, 0.6) is 5.75 Å². The Labute approximate surface area is 152 Å². The SMILES string of the molecule is CC(C)(Cc1ccc(OCc2ccccc2)cc1)OC(=O)[C@@H](N)C(=O)O. The number of carbonyl (C=O) groups excluding carboxylic acids is 1. The van der Waals surface area contributed by atoms with E-state index in [1.165, 1.54) is 0 Å². The quantitative estimate of drug-likeness (QED) is 0.556. The summed E-state index contributed by atoms with van der Waals surface area (Å²) in [5.41, 5.74) is 6.40. The lowest BCUT2D eigenvalue weighted by Crippen LogP contribution is -2.44. The average molecular weight is 357 g/mol. The van der Waals surface area contributed by atoms with Crippen molar-refractivity contribution in [1.29, 1.82) is 0 Å². The monoisotopic (exact) mass is 357 g/mol. The third kappa shape index (κ3) is 5.89. The molecule has 0 heterocycles. The molecule has 6 nitrogen and oxygen atoms in total. The summed E-state index contributed by atoms with van der Waals surface area (Å²) in [6.07, 6.45) is 0.421. The maximum absolute atomic E-state index is 11.7. The zero-order valence-electron chi connectivity index (χ0n) is 14.8. The summed E-state index contributed by atoms with van der Waals surface area (Å²) in [6, 6.07) is 15.6. The van der Waals surface area contributed by atoms with E-state index in [0.29, 0.717) is 13.0 Å². The van der Waals surface area contributed by atoms with E-state index in [4.69, 9.17) is 20.3 Å². The highest BCUT2D eigenvalue weighted by Crippen LogP contribution is 2.21. The molecule has 0 aliphatic carbocycles. The summed E-state index contributed by atoms with van der Waals surface area (Å²) < 4.78 is 11.0. The topological polar surface area (TPSA) is 98.9 Å². The van der Waals surface area contributed by atoms with Crippen molar-refractivity contribution in [3.8, 4) is 5.75 Å². The van der Waals surface area contributed by atoms with Gasteiger partial charge in [0.25, 0.3) is 0 Å². The number of hydrogen-bond donors (Lipinski definition) is 2. The highest BCUT2D eigenvalue weighted by atomic mass is 16.6. The first-order valence-corrected chi connectivity index (χ1v) is 8.24. The number of ether oxygens (including phenoxy) is 2. The second kappa shape index (κ2) is 8.49. The standard InChI is InChI=1S/C20H23NO5/c1-20(2,26-19(24)17(21)18(22)23)12-14-8-10-16(11-9-14)25-13-15-6-4-3-5-7-15/h3-11,17H,12-13,21H2,1-2H3,(H,22,23)/t17-/m0/s1.